The molecule has 0 aromatic heterocycles. The number of allylic oxidation sites excluding steroid dienone is 3. The monoisotopic (exact) mass is 1480 g/mol. The average molecular weight is 1480 g/mol. The molecule has 11 aliphatic rings. The molecule has 0 radical (unpaired) electrons. The maximum Gasteiger partial charge on any atom is 0.314 e. The van der Waals surface area contributed by atoms with Gasteiger partial charge in [0, 0.05) is 28.1 Å². The maximum atomic E-state index is 15.1. The minimum atomic E-state index is -2.03. The number of aliphatic hydroxyl groups is 13. The fourth-order valence-electron chi connectivity index (χ4n) is 19.6. The first-order chi connectivity index (χ1) is 48.5. The third-order valence-electron chi connectivity index (χ3n) is 24.9. The molecule has 7 heterocycles. The zero-order valence-corrected chi connectivity index (χ0v) is 60.4. The number of carbonyl (C=O) groups excluding carboxylic acids is 3. The number of fused-ring (bicyclic) bond motifs is 4. The molecule has 33 nitrogen and oxygen atoms in total. The minimum Gasteiger partial charge on any atom is -0.462 e. The van der Waals surface area contributed by atoms with Crippen molar-refractivity contribution in [2.24, 2.45) is 39.4 Å². The van der Waals surface area contributed by atoms with Crippen LogP contribution in [0.4, 0.5) is 0 Å². The van der Waals surface area contributed by atoms with Crippen LogP contribution in [0, 0.1) is 39.4 Å². The van der Waals surface area contributed by atoms with Crippen molar-refractivity contribution in [2.75, 3.05) is 40.6 Å². The number of esters is 3. The first-order valence-electron chi connectivity index (χ1n) is 35.9. The number of hydrogen-bond donors (Lipinski definition) is 13. The average Bonchev–Trinajstić information content (AvgIpc) is 1.50. The van der Waals surface area contributed by atoms with E-state index in [1.54, 1.807) is 6.92 Å². The number of carbonyl (C=O) groups is 3. The second-order valence-corrected chi connectivity index (χ2v) is 31.6. The summed E-state index contributed by atoms with van der Waals surface area (Å²) in [5.74, 6) is -2.47. The number of methoxy groups -OCH3 is 2. The minimum absolute atomic E-state index is 0.103. The van der Waals surface area contributed by atoms with E-state index in [1.165, 1.54) is 41.9 Å². The van der Waals surface area contributed by atoms with Crippen LogP contribution in [0.5, 0.6) is 0 Å². The molecule has 33 heteroatoms. The van der Waals surface area contributed by atoms with Gasteiger partial charge in [-0.15, -0.1) is 6.58 Å². The molecular formula is C70H110O33. The van der Waals surface area contributed by atoms with Crippen molar-refractivity contribution in [1.82, 2.24) is 0 Å². The van der Waals surface area contributed by atoms with E-state index in [1.807, 2.05) is 6.92 Å². The van der Waals surface area contributed by atoms with Crippen molar-refractivity contribution in [3.8, 4) is 0 Å². The summed E-state index contributed by atoms with van der Waals surface area (Å²) >= 11 is 0. The first-order valence-corrected chi connectivity index (χ1v) is 35.9. The van der Waals surface area contributed by atoms with E-state index in [2.05, 4.69) is 40.3 Å². The second kappa shape index (κ2) is 31.3. The summed E-state index contributed by atoms with van der Waals surface area (Å²) in [7, 11) is 2.41. The Morgan fingerprint density at radius 1 is 0.583 bits per heavy atom. The molecule has 7 aliphatic heterocycles. The van der Waals surface area contributed by atoms with Crippen LogP contribution in [-0.2, 0) is 94.9 Å². The summed E-state index contributed by atoms with van der Waals surface area (Å²) < 4.78 is 103. The van der Waals surface area contributed by atoms with Crippen LogP contribution in [-0.4, -0.2) is 321 Å². The molecular weight excluding hydrogens is 1370 g/mol. The SMILES string of the molecule is C=C(C)CCC(OC(C)=O)C1(C)OC(=O)C23CC=C4C(CCC5C4(C)CCC(OC4OCC(OC6OC(C)C(O)C(OC7OC(CO)C(O)C(OC)C7O)C6O)C(O)C4OC4OC(C)C(OC6OCC(O)C(OC7OC(CO)C(O)C(OC)C7O)C6O)C(O)C4O)C5(C)C)C2(C)CC(OC(C)=O)C13. The fourth-order valence-corrected chi connectivity index (χ4v) is 19.6. The van der Waals surface area contributed by atoms with Gasteiger partial charge in [-0.25, -0.2) is 0 Å². The number of hydrogen-bond acceptors (Lipinski definition) is 33. The summed E-state index contributed by atoms with van der Waals surface area (Å²) in [4.78, 5) is 41.0. The number of aliphatic hydroxyl groups excluding tert-OH is 13. The number of cyclic esters (lactones) is 1. The molecule has 0 amide bonds. The lowest BCUT2D eigenvalue weighted by atomic mass is 9.41. The van der Waals surface area contributed by atoms with E-state index in [0.717, 1.165) is 11.1 Å². The van der Waals surface area contributed by atoms with Crippen molar-refractivity contribution in [3.05, 3.63) is 23.8 Å². The molecule has 0 aromatic rings. The Morgan fingerprint density at radius 3 is 1.73 bits per heavy atom. The molecule has 38 unspecified atom stereocenters. The van der Waals surface area contributed by atoms with Gasteiger partial charge < -0.3 is 147 Å². The molecule has 0 aromatic carbocycles. The summed E-state index contributed by atoms with van der Waals surface area (Å²) in [6, 6.07) is 0. The van der Waals surface area contributed by atoms with E-state index in [0.29, 0.717) is 44.9 Å². The van der Waals surface area contributed by atoms with Crippen molar-refractivity contribution < 1.29 is 161 Å². The van der Waals surface area contributed by atoms with Gasteiger partial charge in [0.2, 0.25) is 0 Å². The van der Waals surface area contributed by atoms with Crippen LogP contribution in [0.25, 0.3) is 0 Å². The standard InChI is InChI=1S/C70H110O33/c1-27(2)14-17-41(94-31(6)74)69(11)58-35(93-30(5)73)22-68(10)33-15-16-39-66(7,8)40(19-20-67(39,9)32(33)18-21-70(58,68)65(86)103-69)98-64-57(45(79)38(26-90-64)97-61-51(85)56(42(76)28(3)91-61)101-63-50(84)55(88-13)44(78)37(24-72)96-63)102-60-47(81)46(80)52(29(4)92-60)99-59-48(82)53(34(75)25-89-59)100-62-49(83)54(87-12)43(77)36(23-71)95-62/h18,28-29,33-64,71-72,75-85H,1,14-17,19-26H2,2-13H3. The first kappa shape index (κ1) is 80.8. The highest BCUT2D eigenvalue weighted by Gasteiger charge is 2.81. The third-order valence-corrected chi connectivity index (χ3v) is 24.9. The Kier molecular flexibility index (Phi) is 24.6. The van der Waals surface area contributed by atoms with Crippen LogP contribution in [0.1, 0.15) is 121 Å². The topological polar surface area (TPSA) is 471 Å². The van der Waals surface area contributed by atoms with Crippen LogP contribution >= 0.6 is 0 Å². The molecule has 10 fully saturated rings. The van der Waals surface area contributed by atoms with Crippen LogP contribution in [0.2, 0.25) is 0 Å². The molecule has 38 atom stereocenters. The van der Waals surface area contributed by atoms with Crippen molar-refractivity contribution in [1.29, 1.82) is 0 Å². The lowest BCUT2D eigenvalue weighted by molar-refractivity contribution is -0.393. The Balaban J connectivity index is 0.841. The van der Waals surface area contributed by atoms with Gasteiger partial charge in [-0.05, 0) is 107 Å². The molecule has 0 bridgehead atoms. The van der Waals surface area contributed by atoms with Crippen LogP contribution < -0.4 is 0 Å². The molecule has 7 saturated heterocycles. The normalized spacial score (nSPS) is 50.7. The summed E-state index contributed by atoms with van der Waals surface area (Å²) in [5, 5.41) is 146. The van der Waals surface area contributed by atoms with Gasteiger partial charge in [-0.2, -0.15) is 0 Å². The molecule has 11 rings (SSSR count). The molecule has 13 N–H and O–H groups in total. The van der Waals surface area contributed by atoms with Gasteiger partial charge in [0.25, 0.3) is 0 Å². The van der Waals surface area contributed by atoms with Gasteiger partial charge in [0.1, 0.15) is 134 Å². The Hall–Kier alpha value is -3.19. The van der Waals surface area contributed by atoms with Crippen molar-refractivity contribution >= 4 is 17.9 Å². The smallest absolute Gasteiger partial charge is 0.314 e. The van der Waals surface area contributed by atoms with Gasteiger partial charge in [0.05, 0.1) is 56.1 Å². The zero-order chi connectivity index (χ0) is 75.2. The van der Waals surface area contributed by atoms with Gasteiger partial charge in [0.15, 0.2) is 43.3 Å². The lowest BCUT2D eigenvalue weighted by Gasteiger charge is -2.63. The fraction of sp³-hybridized carbons (Fsp3) is 0.900. The number of rotatable bonds is 22. The van der Waals surface area contributed by atoms with E-state index in [-0.39, 0.29) is 18.3 Å². The Bertz CT molecular complexity index is 3000. The predicted octanol–water partition coefficient (Wildman–Crippen LogP) is -2.34. The maximum absolute atomic E-state index is 15.1. The summed E-state index contributed by atoms with van der Waals surface area (Å²) in [5.41, 5.74) is -2.55. The zero-order valence-electron chi connectivity index (χ0n) is 60.4. The molecule has 588 valence electrons. The van der Waals surface area contributed by atoms with E-state index < -0.39 is 268 Å². The molecule has 1 spiro atoms. The second-order valence-electron chi connectivity index (χ2n) is 31.6. The third kappa shape index (κ3) is 14.4. The van der Waals surface area contributed by atoms with E-state index in [9.17, 15) is 76.0 Å². The highest BCUT2D eigenvalue weighted by molar-refractivity contribution is 5.84. The summed E-state index contributed by atoms with van der Waals surface area (Å²) in [6.45, 7) is 19.3. The predicted molar refractivity (Wildman–Crippen MR) is 345 cm³/mol. The Morgan fingerprint density at radius 2 is 1.14 bits per heavy atom. The van der Waals surface area contributed by atoms with Crippen molar-refractivity contribution in [3.63, 3.8) is 0 Å². The largest absolute Gasteiger partial charge is 0.462 e. The van der Waals surface area contributed by atoms with Gasteiger partial charge in [-0.1, -0.05) is 44.9 Å². The quantitative estimate of drug-likeness (QED) is 0.0234. The van der Waals surface area contributed by atoms with Gasteiger partial charge in [-0.3, -0.25) is 14.4 Å². The molecule has 4 aliphatic carbocycles. The van der Waals surface area contributed by atoms with E-state index >= 15 is 4.79 Å². The Labute approximate surface area is 597 Å². The van der Waals surface area contributed by atoms with Gasteiger partial charge >= 0.3 is 17.9 Å². The van der Waals surface area contributed by atoms with Crippen LogP contribution in [0.3, 0.4) is 0 Å². The highest BCUT2D eigenvalue weighted by Crippen LogP contribution is 2.77. The molecule has 103 heavy (non-hydrogen) atoms. The van der Waals surface area contributed by atoms with Crippen LogP contribution in [0.15, 0.2) is 23.8 Å². The number of ether oxygens (including phenoxy) is 17. The highest BCUT2D eigenvalue weighted by atomic mass is 16.8. The lowest BCUT2D eigenvalue weighted by Crippen LogP contribution is -2.66. The molecule has 3 saturated carbocycles. The summed E-state index contributed by atoms with van der Waals surface area (Å²) in [6.07, 6.45) is -41.4. The van der Waals surface area contributed by atoms with Crippen molar-refractivity contribution in [2.45, 2.75) is 317 Å². The van der Waals surface area contributed by atoms with E-state index in [4.69, 9.17) is 80.5 Å².